The second kappa shape index (κ2) is 24.0. The molecule has 0 fully saturated rings. The third kappa shape index (κ3) is 27.2. The van der Waals surface area contributed by atoms with Crippen LogP contribution in [0, 0.1) is 0 Å². The van der Waals surface area contributed by atoms with Gasteiger partial charge in [-0.25, -0.2) is 4.79 Å². The van der Waals surface area contributed by atoms with Gasteiger partial charge in [-0.3, -0.25) is 4.57 Å². The highest BCUT2D eigenvalue weighted by molar-refractivity contribution is 7.45. The molecule has 0 aromatic rings. The van der Waals surface area contributed by atoms with Crippen LogP contribution in [0.5, 0.6) is 0 Å². The van der Waals surface area contributed by atoms with E-state index in [1.165, 1.54) is 96.9 Å². The molecular weight excluding hydrogens is 517 g/mol. The number of hydrogen-bond acceptors (Lipinski definition) is 7. The summed E-state index contributed by atoms with van der Waals surface area (Å²) in [6.45, 7) is 3.78. The van der Waals surface area contributed by atoms with Gasteiger partial charge in [0.25, 0.3) is 7.82 Å². The van der Waals surface area contributed by atoms with E-state index in [4.69, 9.17) is 13.8 Å². The Kier molecular flexibility index (Phi) is 23.5. The number of unbranched alkanes of at least 4 members (excludes halogenated alkanes) is 15. The summed E-state index contributed by atoms with van der Waals surface area (Å²) in [7, 11) is 4.78. The molecule has 0 aliphatic heterocycles. The molecule has 0 aliphatic rings. The molecule has 1 amide bonds. The molecule has 2 unspecified atom stereocenters. The molecule has 0 saturated heterocycles. The Morgan fingerprint density at radius 2 is 1.31 bits per heavy atom. The van der Waals surface area contributed by atoms with E-state index in [0.717, 1.165) is 19.4 Å². The van der Waals surface area contributed by atoms with Crippen molar-refractivity contribution in [3.63, 3.8) is 0 Å². The fraction of sp³-hybridized carbons (Fsp3) is 0.966. The van der Waals surface area contributed by atoms with Gasteiger partial charge < -0.3 is 33.4 Å². The fourth-order valence-electron chi connectivity index (χ4n) is 4.34. The van der Waals surface area contributed by atoms with Gasteiger partial charge in [0, 0.05) is 13.6 Å². The quantitative estimate of drug-likeness (QED) is 0.0712. The van der Waals surface area contributed by atoms with E-state index in [9.17, 15) is 14.3 Å². The number of quaternary nitrogens is 1. The van der Waals surface area contributed by atoms with Crippen molar-refractivity contribution >= 4 is 13.9 Å². The third-order valence-corrected chi connectivity index (χ3v) is 7.78. The first kappa shape index (κ1) is 38.3. The van der Waals surface area contributed by atoms with Crippen LogP contribution in [0.4, 0.5) is 4.79 Å². The number of carbonyl (C=O) groups is 1. The van der Waals surface area contributed by atoms with Crippen molar-refractivity contribution in [2.24, 2.45) is 0 Å². The minimum Gasteiger partial charge on any atom is -0.756 e. The lowest BCUT2D eigenvalue weighted by molar-refractivity contribution is -0.870. The number of carbonyl (C=O) groups excluding carboxylic acids is 1. The molecule has 0 rings (SSSR count). The second-order valence-corrected chi connectivity index (χ2v) is 13.3. The summed E-state index contributed by atoms with van der Waals surface area (Å²) in [5, 5.41) is 2.40. The smallest absolute Gasteiger partial charge is 0.407 e. The van der Waals surface area contributed by atoms with Crippen LogP contribution < -0.4 is 10.2 Å². The zero-order chi connectivity index (χ0) is 29.4. The lowest BCUT2D eigenvalue weighted by atomic mass is 10.0. The molecule has 0 saturated carbocycles. The van der Waals surface area contributed by atoms with Crippen LogP contribution >= 0.6 is 7.82 Å². The Morgan fingerprint density at radius 3 is 1.74 bits per heavy atom. The normalized spacial score (nSPS) is 14.4. The van der Waals surface area contributed by atoms with E-state index in [1.54, 1.807) is 0 Å². The first-order valence-electron chi connectivity index (χ1n) is 15.5. The zero-order valence-electron chi connectivity index (χ0n) is 26.2. The monoisotopic (exact) mass is 579 g/mol. The van der Waals surface area contributed by atoms with Gasteiger partial charge in [-0.1, -0.05) is 103 Å². The minimum atomic E-state index is -4.47. The van der Waals surface area contributed by atoms with Gasteiger partial charge in [0.2, 0.25) is 0 Å². The van der Waals surface area contributed by atoms with E-state index in [1.807, 2.05) is 28.2 Å². The number of phosphoric acid groups is 1. The van der Waals surface area contributed by atoms with Crippen LogP contribution in [0.15, 0.2) is 0 Å². The van der Waals surface area contributed by atoms with E-state index >= 15 is 0 Å². The van der Waals surface area contributed by atoms with E-state index < -0.39 is 20.0 Å². The minimum absolute atomic E-state index is 0.0321. The van der Waals surface area contributed by atoms with Gasteiger partial charge in [-0.05, 0) is 20.0 Å². The molecule has 1 N–H and O–H groups in total. The maximum absolute atomic E-state index is 12.1. The summed E-state index contributed by atoms with van der Waals surface area (Å²) in [4.78, 5) is 25.9. The highest BCUT2D eigenvalue weighted by atomic mass is 31.2. The van der Waals surface area contributed by atoms with Crippen LogP contribution in [0.2, 0.25) is 0 Å². The summed E-state index contributed by atoms with van der Waals surface area (Å²) in [5.41, 5.74) is 0. The molecule has 2 atom stereocenters. The van der Waals surface area contributed by atoms with Crippen LogP contribution in [0.3, 0.4) is 0 Å². The lowest BCUT2D eigenvalue weighted by Crippen LogP contribution is -2.39. The van der Waals surface area contributed by atoms with Crippen molar-refractivity contribution in [2.45, 2.75) is 116 Å². The topological polar surface area (TPSA) is 100 Å². The predicted octanol–water partition coefficient (Wildman–Crippen LogP) is 6.11. The van der Waals surface area contributed by atoms with Gasteiger partial charge in [0.05, 0.1) is 27.7 Å². The number of nitrogens with zero attached hydrogens (tertiary/aromatic N) is 2. The van der Waals surface area contributed by atoms with Gasteiger partial charge in [-0.15, -0.1) is 0 Å². The van der Waals surface area contributed by atoms with E-state index in [2.05, 4.69) is 17.1 Å². The lowest BCUT2D eigenvalue weighted by Gasteiger charge is -2.29. The summed E-state index contributed by atoms with van der Waals surface area (Å²) >= 11 is 0. The molecule has 0 spiro atoms. The van der Waals surface area contributed by atoms with Crippen molar-refractivity contribution in [3.05, 3.63) is 0 Å². The molecule has 0 heterocycles. The van der Waals surface area contributed by atoms with Crippen LogP contribution in [-0.2, 0) is 18.3 Å². The van der Waals surface area contributed by atoms with Gasteiger partial charge >= 0.3 is 6.09 Å². The van der Waals surface area contributed by atoms with Crippen molar-refractivity contribution in [2.75, 3.05) is 68.1 Å². The summed E-state index contributed by atoms with van der Waals surface area (Å²) in [6, 6.07) is 0. The largest absolute Gasteiger partial charge is 0.756 e. The Labute approximate surface area is 240 Å². The van der Waals surface area contributed by atoms with E-state index in [0.29, 0.717) is 17.6 Å². The van der Waals surface area contributed by atoms with Gasteiger partial charge in [-0.2, -0.15) is 0 Å². The van der Waals surface area contributed by atoms with Crippen molar-refractivity contribution in [1.29, 1.82) is 0 Å². The number of alkyl carbamates (subject to hydrolysis) is 1. The van der Waals surface area contributed by atoms with Crippen LogP contribution in [0.1, 0.15) is 110 Å². The number of ether oxygens (including phenoxy) is 1. The number of hydrogen-bond donors (Lipinski definition) is 1. The van der Waals surface area contributed by atoms with Crippen LogP contribution in [0.25, 0.3) is 0 Å². The predicted molar refractivity (Wildman–Crippen MR) is 159 cm³/mol. The van der Waals surface area contributed by atoms with Gasteiger partial charge in [0.1, 0.15) is 19.3 Å². The van der Waals surface area contributed by atoms with Crippen molar-refractivity contribution in [1.82, 2.24) is 10.2 Å². The van der Waals surface area contributed by atoms with Crippen LogP contribution in [-0.4, -0.2) is 89.7 Å². The first-order chi connectivity index (χ1) is 18.5. The summed E-state index contributed by atoms with van der Waals surface area (Å²) in [6.07, 6.45) is 20.0. The second-order valence-electron chi connectivity index (χ2n) is 11.9. The molecule has 0 radical (unpaired) electrons. The van der Waals surface area contributed by atoms with Gasteiger partial charge in [0.15, 0.2) is 0 Å². The molecule has 0 bridgehead atoms. The molecule has 9 nitrogen and oxygen atoms in total. The molecule has 234 valence electrons. The molecular formula is C29H62N3O6P. The number of amides is 1. The van der Waals surface area contributed by atoms with Crippen molar-refractivity contribution < 1.29 is 32.5 Å². The van der Waals surface area contributed by atoms with E-state index in [-0.39, 0.29) is 13.2 Å². The molecule has 10 heteroatoms. The SMILES string of the molecule is CCCCCCCCCCCCCCCCCCN(C)CC(COP(=O)([O-])OCC[N+](C)(C)C)OC(=O)NC. The summed E-state index contributed by atoms with van der Waals surface area (Å²) in [5.74, 6) is 0. The highest BCUT2D eigenvalue weighted by Gasteiger charge is 2.21. The Balaban J connectivity index is 3.96. The first-order valence-corrected chi connectivity index (χ1v) is 16.9. The number of phosphoric ester groups is 1. The number of nitrogens with one attached hydrogen (secondary N) is 1. The molecule has 0 aliphatic carbocycles. The maximum Gasteiger partial charge on any atom is 0.407 e. The summed E-state index contributed by atoms with van der Waals surface area (Å²) < 4.78 is 28.0. The fourth-order valence-corrected chi connectivity index (χ4v) is 5.07. The molecule has 0 aromatic carbocycles. The number of likely N-dealkylation sites (N-methyl/N-ethyl adjacent to an activating group) is 2. The maximum atomic E-state index is 12.1. The third-order valence-electron chi connectivity index (χ3n) is 6.82. The highest BCUT2D eigenvalue weighted by Crippen LogP contribution is 2.38. The standard InChI is InChI=1S/C29H62N3O6P/c1-7-8-9-10-11-12-13-14-15-16-17-18-19-20-21-22-23-31(3)26-28(38-29(33)30-2)27-37-39(34,35)36-25-24-32(4,5)6/h28H,7-27H2,1-6H3,(H-,30,33,34,35). The molecule has 0 aromatic heterocycles. The Hall–Kier alpha value is -0.700. The van der Waals surface area contributed by atoms with Crippen molar-refractivity contribution in [3.8, 4) is 0 Å². The Bertz CT molecular complexity index is 633. The average Bonchev–Trinajstić information content (AvgIpc) is 2.86. The zero-order valence-corrected chi connectivity index (χ0v) is 27.1. The number of rotatable bonds is 27. The molecule has 39 heavy (non-hydrogen) atoms. The Morgan fingerprint density at radius 1 is 0.846 bits per heavy atom. The average molecular weight is 580 g/mol.